The second-order valence-corrected chi connectivity index (χ2v) is 7.21. The fraction of sp³-hybridized carbons (Fsp3) is 0.476. The lowest BCUT2D eigenvalue weighted by atomic mass is 10.1. The molecule has 3 rings (SSSR count). The third-order valence-electron chi connectivity index (χ3n) is 5.21. The van der Waals surface area contributed by atoms with E-state index in [-0.39, 0.29) is 24.4 Å². The van der Waals surface area contributed by atoms with E-state index < -0.39 is 0 Å². The number of likely N-dealkylation sites (tertiary alicyclic amines) is 1. The fourth-order valence-corrected chi connectivity index (χ4v) is 3.58. The number of carbonyl (C=O) groups excluding carboxylic acids is 2. The van der Waals surface area contributed by atoms with Gasteiger partial charge >= 0.3 is 0 Å². The maximum absolute atomic E-state index is 12.5. The Morgan fingerprint density at radius 3 is 2.71 bits per heavy atom. The molecule has 1 unspecified atom stereocenters. The zero-order chi connectivity index (χ0) is 20.1. The molecule has 0 aliphatic carbocycles. The molecule has 1 aromatic heterocycles. The SMILES string of the molecule is COc1ccc(-n2ncc(C(C)NC(=O)CN3CCCCCC3=O)c2C)cc1. The van der Waals surface area contributed by atoms with Crippen LogP contribution in [0.4, 0.5) is 0 Å². The van der Waals surface area contributed by atoms with Crippen molar-refractivity contribution in [2.24, 2.45) is 0 Å². The zero-order valence-corrected chi connectivity index (χ0v) is 16.8. The van der Waals surface area contributed by atoms with E-state index in [2.05, 4.69) is 10.4 Å². The minimum Gasteiger partial charge on any atom is -0.497 e. The monoisotopic (exact) mass is 384 g/mol. The highest BCUT2D eigenvalue weighted by atomic mass is 16.5. The van der Waals surface area contributed by atoms with Crippen molar-refractivity contribution in [2.75, 3.05) is 20.2 Å². The molecule has 2 heterocycles. The van der Waals surface area contributed by atoms with Crippen LogP contribution in [0.3, 0.4) is 0 Å². The molecule has 1 aromatic carbocycles. The van der Waals surface area contributed by atoms with Gasteiger partial charge in [-0.1, -0.05) is 6.42 Å². The van der Waals surface area contributed by atoms with Gasteiger partial charge in [-0.2, -0.15) is 5.10 Å². The standard InChI is InChI=1S/C21H28N4O3/c1-15(23-20(26)14-24-12-6-4-5-7-21(24)27)19-13-22-25(16(19)2)17-8-10-18(28-3)11-9-17/h8-11,13,15H,4-7,12,14H2,1-3H3,(H,23,26). The third-order valence-corrected chi connectivity index (χ3v) is 5.21. The Hall–Kier alpha value is -2.83. The summed E-state index contributed by atoms with van der Waals surface area (Å²) in [6.45, 7) is 4.70. The average Bonchev–Trinajstić information content (AvgIpc) is 2.96. The number of rotatable bonds is 6. The third kappa shape index (κ3) is 4.52. The van der Waals surface area contributed by atoms with E-state index in [0.29, 0.717) is 13.0 Å². The van der Waals surface area contributed by atoms with Gasteiger partial charge in [0, 0.05) is 24.2 Å². The Balaban J connectivity index is 1.65. The Labute approximate surface area is 165 Å². The first-order chi connectivity index (χ1) is 13.5. The fourth-order valence-electron chi connectivity index (χ4n) is 3.58. The number of benzene rings is 1. The largest absolute Gasteiger partial charge is 0.497 e. The van der Waals surface area contributed by atoms with Gasteiger partial charge in [0.25, 0.3) is 0 Å². The van der Waals surface area contributed by atoms with Crippen LogP contribution in [-0.2, 0) is 9.59 Å². The van der Waals surface area contributed by atoms with Gasteiger partial charge in [-0.3, -0.25) is 9.59 Å². The minimum atomic E-state index is -0.193. The summed E-state index contributed by atoms with van der Waals surface area (Å²) in [4.78, 5) is 26.2. The molecule has 1 N–H and O–H groups in total. The van der Waals surface area contributed by atoms with Crippen molar-refractivity contribution < 1.29 is 14.3 Å². The predicted molar refractivity (Wildman–Crippen MR) is 106 cm³/mol. The Morgan fingerprint density at radius 2 is 2.00 bits per heavy atom. The molecule has 1 atom stereocenters. The summed E-state index contributed by atoms with van der Waals surface area (Å²) >= 11 is 0. The molecular formula is C21H28N4O3. The summed E-state index contributed by atoms with van der Waals surface area (Å²) in [5.41, 5.74) is 2.84. The van der Waals surface area contributed by atoms with Crippen molar-refractivity contribution in [2.45, 2.75) is 45.6 Å². The highest BCUT2D eigenvalue weighted by Crippen LogP contribution is 2.22. The molecule has 1 fully saturated rings. The molecule has 1 saturated heterocycles. The van der Waals surface area contributed by atoms with Crippen LogP contribution in [0.25, 0.3) is 5.69 Å². The molecule has 0 radical (unpaired) electrons. The maximum atomic E-state index is 12.5. The second-order valence-electron chi connectivity index (χ2n) is 7.21. The Kier molecular flexibility index (Phi) is 6.34. The molecule has 1 aliphatic heterocycles. The van der Waals surface area contributed by atoms with Gasteiger partial charge in [-0.15, -0.1) is 0 Å². The number of methoxy groups -OCH3 is 1. The molecule has 0 saturated carbocycles. The van der Waals surface area contributed by atoms with Gasteiger partial charge in [0.1, 0.15) is 5.75 Å². The molecule has 1 aliphatic rings. The van der Waals surface area contributed by atoms with E-state index in [9.17, 15) is 9.59 Å². The van der Waals surface area contributed by atoms with Crippen LogP contribution in [0.1, 0.15) is 49.9 Å². The molecule has 0 spiro atoms. The highest BCUT2D eigenvalue weighted by Gasteiger charge is 2.21. The molecule has 2 amide bonds. The van der Waals surface area contributed by atoms with Crippen molar-refractivity contribution in [1.29, 1.82) is 0 Å². The Morgan fingerprint density at radius 1 is 1.25 bits per heavy atom. The molecule has 2 aromatic rings. The molecule has 150 valence electrons. The first-order valence-corrected chi connectivity index (χ1v) is 9.75. The van der Waals surface area contributed by atoms with Crippen molar-refractivity contribution in [3.05, 3.63) is 41.7 Å². The number of hydrogen-bond donors (Lipinski definition) is 1. The summed E-state index contributed by atoms with van der Waals surface area (Å²) in [6, 6.07) is 7.47. The van der Waals surface area contributed by atoms with Crippen molar-refractivity contribution >= 4 is 11.8 Å². The first-order valence-electron chi connectivity index (χ1n) is 9.75. The highest BCUT2D eigenvalue weighted by molar-refractivity contribution is 5.85. The zero-order valence-electron chi connectivity index (χ0n) is 16.8. The van der Waals surface area contributed by atoms with Crippen LogP contribution in [0.15, 0.2) is 30.5 Å². The average molecular weight is 384 g/mol. The van der Waals surface area contributed by atoms with Gasteiger partial charge < -0.3 is 15.0 Å². The maximum Gasteiger partial charge on any atom is 0.240 e. The van der Waals surface area contributed by atoms with Crippen LogP contribution in [-0.4, -0.2) is 46.7 Å². The van der Waals surface area contributed by atoms with Crippen LogP contribution >= 0.6 is 0 Å². The van der Waals surface area contributed by atoms with E-state index in [1.54, 1.807) is 18.2 Å². The topological polar surface area (TPSA) is 76.5 Å². The van der Waals surface area contributed by atoms with Crippen LogP contribution < -0.4 is 10.1 Å². The lowest BCUT2D eigenvalue weighted by molar-refractivity contribution is -0.135. The summed E-state index contributed by atoms with van der Waals surface area (Å²) in [6.07, 6.45) is 5.24. The molecule has 0 bridgehead atoms. The van der Waals surface area contributed by atoms with Gasteiger partial charge in [0.2, 0.25) is 11.8 Å². The normalized spacial score (nSPS) is 15.8. The second kappa shape index (κ2) is 8.91. The minimum absolute atomic E-state index is 0.0730. The predicted octanol–water partition coefficient (Wildman–Crippen LogP) is 2.77. The smallest absolute Gasteiger partial charge is 0.240 e. The van der Waals surface area contributed by atoms with Gasteiger partial charge in [0.05, 0.1) is 31.6 Å². The molecular weight excluding hydrogens is 356 g/mol. The Bertz CT molecular complexity index is 829. The van der Waals surface area contributed by atoms with Crippen LogP contribution in [0, 0.1) is 6.92 Å². The van der Waals surface area contributed by atoms with E-state index in [1.807, 2.05) is 42.8 Å². The number of hydrogen-bond acceptors (Lipinski definition) is 4. The molecule has 28 heavy (non-hydrogen) atoms. The van der Waals surface area contributed by atoms with Gasteiger partial charge in [-0.25, -0.2) is 4.68 Å². The van der Waals surface area contributed by atoms with E-state index in [1.165, 1.54) is 0 Å². The van der Waals surface area contributed by atoms with E-state index in [4.69, 9.17) is 4.74 Å². The molecule has 7 nitrogen and oxygen atoms in total. The lowest BCUT2D eigenvalue weighted by Crippen LogP contribution is -2.41. The lowest BCUT2D eigenvalue weighted by Gasteiger charge is -2.21. The van der Waals surface area contributed by atoms with Crippen LogP contribution in [0.5, 0.6) is 5.75 Å². The van der Waals surface area contributed by atoms with Crippen LogP contribution in [0.2, 0.25) is 0 Å². The number of nitrogens with one attached hydrogen (secondary N) is 1. The number of aromatic nitrogens is 2. The summed E-state index contributed by atoms with van der Waals surface area (Å²) < 4.78 is 7.04. The summed E-state index contributed by atoms with van der Waals surface area (Å²) in [5, 5.41) is 7.47. The van der Waals surface area contributed by atoms with Crippen molar-refractivity contribution in [1.82, 2.24) is 20.0 Å². The van der Waals surface area contributed by atoms with Crippen molar-refractivity contribution in [3.63, 3.8) is 0 Å². The summed E-state index contributed by atoms with van der Waals surface area (Å²) in [7, 11) is 1.63. The number of ether oxygens (including phenoxy) is 1. The number of carbonyl (C=O) groups is 2. The van der Waals surface area contributed by atoms with E-state index >= 15 is 0 Å². The summed E-state index contributed by atoms with van der Waals surface area (Å²) in [5.74, 6) is 0.723. The first kappa shape index (κ1) is 19.9. The quantitative estimate of drug-likeness (QED) is 0.831. The van der Waals surface area contributed by atoms with Crippen molar-refractivity contribution in [3.8, 4) is 11.4 Å². The van der Waals surface area contributed by atoms with Gasteiger partial charge in [0.15, 0.2) is 0 Å². The van der Waals surface area contributed by atoms with Gasteiger partial charge in [-0.05, 0) is 51.0 Å². The molecule has 7 heteroatoms. The van der Waals surface area contributed by atoms with E-state index in [0.717, 1.165) is 42.0 Å². The number of nitrogens with zero attached hydrogens (tertiary/aromatic N) is 3. The number of amides is 2.